The van der Waals surface area contributed by atoms with Crippen molar-refractivity contribution in [3.63, 3.8) is 0 Å². The van der Waals surface area contributed by atoms with Crippen LogP contribution in [0.2, 0.25) is 0 Å². The van der Waals surface area contributed by atoms with Crippen LogP contribution in [0.3, 0.4) is 0 Å². The molecular formula is C21H23F3N2O5S. The van der Waals surface area contributed by atoms with E-state index in [9.17, 15) is 18.0 Å². The molecule has 32 heavy (non-hydrogen) atoms. The Kier molecular flexibility index (Phi) is 7.73. The summed E-state index contributed by atoms with van der Waals surface area (Å²) >= 11 is 1.63. The van der Waals surface area contributed by atoms with Crippen LogP contribution in [-0.2, 0) is 20.7 Å². The number of carboxylic acids is 1. The summed E-state index contributed by atoms with van der Waals surface area (Å²) in [6, 6.07) is 7.69. The maximum atomic E-state index is 12.4. The van der Waals surface area contributed by atoms with Crippen molar-refractivity contribution in [1.82, 2.24) is 9.88 Å². The van der Waals surface area contributed by atoms with Crippen LogP contribution in [0.1, 0.15) is 24.8 Å². The van der Waals surface area contributed by atoms with Gasteiger partial charge in [-0.25, -0.2) is 9.78 Å². The fourth-order valence-corrected chi connectivity index (χ4v) is 4.33. The molecule has 0 saturated carbocycles. The number of halogens is 3. The third-order valence-electron chi connectivity index (χ3n) is 5.31. The lowest BCUT2D eigenvalue weighted by molar-refractivity contribution is -0.192. The van der Waals surface area contributed by atoms with E-state index in [0.29, 0.717) is 18.9 Å². The molecule has 1 unspecified atom stereocenters. The van der Waals surface area contributed by atoms with Gasteiger partial charge < -0.3 is 19.5 Å². The summed E-state index contributed by atoms with van der Waals surface area (Å²) in [6.45, 7) is 2.12. The molecule has 1 spiro atoms. The third kappa shape index (κ3) is 6.67. The van der Waals surface area contributed by atoms with Gasteiger partial charge in [0.05, 0.1) is 18.6 Å². The van der Waals surface area contributed by atoms with Gasteiger partial charge in [0, 0.05) is 31.8 Å². The summed E-state index contributed by atoms with van der Waals surface area (Å²) in [4.78, 5) is 27.5. The minimum Gasteiger partial charge on any atom is -0.475 e. The minimum atomic E-state index is -5.08. The summed E-state index contributed by atoms with van der Waals surface area (Å²) in [5, 5.41) is 11.2. The molecule has 2 aliphatic rings. The number of carboxylic acid groups (broad SMARTS) is 1. The lowest BCUT2D eigenvalue weighted by Crippen LogP contribution is -2.47. The van der Waals surface area contributed by atoms with E-state index in [4.69, 9.17) is 19.4 Å². The molecular weight excluding hydrogens is 449 g/mol. The topological polar surface area (TPSA) is 89.0 Å². The number of amides is 1. The van der Waals surface area contributed by atoms with Gasteiger partial charge in [-0.3, -0.25) is 4.79 Å². The monoisotopic (exact) mass is 472 g/mol. The number of hydrogen-bond donors (Lipinski definition) is 1. The second-order valence-electron chi connectivity index (χ2n) is 7.60. The van der Waals surface area contributed by atoms with Crippen molar-refractivity contribution < 1.29 is 37.3 Å². The summed E-state index contributed by atoms with van der Waals surface area (Å²) in [7, 11) is 0. The molecule has 11 heteroatoms. The maximum Gasteiger partial charge on any atom is 0.490 e. The number of carbonyl (C=O) groups is 2. The zero-order valence-corrected chi connectivity index (χ0v) is 17.9. The van der Waals surface area contributed by atoms with Crippen LogP contribution in [0.4, 0.5) is 13.2 Å². The smallest absolute Gasteiger partial charge is 0.475 e. The van der Waals surface area contributed by atoms with Crippen LogP contribution >= 0.6 is 11.3 Å². The fourth-order valence-electron chi connectivity index (χ4n) is 3.66. The van der Waals surface area contributed by atoms with E-state index < -0.39 is 12.1 Å². The van der Waals surface area contributed by atoms with Crippen molar-refractivity contribution in [2.24, 2.45) is 0 Å². The Labute approximate surface area is 186 Å². The van der Waals surface area contributed by atoms with Crippen molar-refractivity contribution in [2.75, 3.05) is 19.7 Å². The fraction of sp³-hybridized carbons (Fsp3) is 0.476. The van der Waals surface area contributed by atoms with E-state index in [-0.39, 0.29) is 17.6 Å². The lowest BCUT2D eigenvalue weighted by atomic mass is 9.88. The van der Waals surface area contributed by atoms with Crippen molar-refractivity contribution in [3.05, 3.63) is 46.8 Å². The van der Waals surface area contributed by atoms with Crippen molar-refractivity contribution in [3.8, 4) is 5.88 Å². The largest absolute Gasteiger partial charge is 0.490 e. The van der Waals surface area contributed by atoms with Gasteiger partial charge in [0.15, 0.2) is 0 Å². The summed E-state index contributed by atoms with van der Waals surface area (Å²) in [6.07, 6.45) is -0.172. The van der Waals surface area contributed by atoms with E-state index in [0.717, 1.165) is 37.9 Å². The molecule has 2 aliphatic heterocycles. The van der Waals surface area contributed by atoms with Gasteiger partial charge in [0.2, 0.25) is 11.8 Å². The summed E-state index contributed by atoms with van der Waals surface area (Å²) in [5.74, 6) is -1.89. The number of carbonyl (C=O) groups excluding carboxylic acids is 1. The van der Waals surface area contributed by atoms with Crippen LogP contribution in [0.15, 0.2) is 41.2 Å². The van der Waals surface area contributed by atoms with Crippen LogP contribution < -0.4 is 4.74 Å². The summed E-state index contributed by atoms with van der Waals surface area (Å²) < 4.78 is 43.8. The van der Waals surface area contributed by atoms with Gasteiger partial charge >= 0.3 is 12.1 Å². The quantitative estimate of drug-likeness (QED) is 0.732. The SMILES string of the molecule is O=C(Cc1ccsc1)N1CCC2(CC1)CC(Oc1ccccn1)CO2.O=C(O)C(F)(F)F. The number of thiophene rings is 1. The van der Waals surface area contributed by atoms with Gasteiger partial charge in [-0.05, 0) is 41.3 Å². The number of aromatic nitrogens is 1. The van der Waals surface area contributed by atoms with Crippen LogP contribution in [-0.4, -0.2) is 64.4 Å². The Hall–Kier alpha value is -2.66. The van der Waals surface area contributed by atoms with Crippen LogP contribution in [0.25, 0.3) is 0 Å². The molecule has 2 aromatic heterocycles. The van der Waals surface area contributed by atoms with Crippen molar-refractivity contribution in [2.45, 2.75) is 43.6 Å². The molecule has 0 aliphatic carbocycles. The van der Waals surface area contributed by atoms with Crippen molar-refractivity contribution in [1.29, 1.82) is 0 Å². The number of likely N-dealkylation sites (tertiary alicyclic amines) is 1. The normalized spacial score (nSPS) is 19.8. The van der Waals surface area contributed by atoms with Gasteiger partial charge in [0.1, 0.15) is 6.10 Å². The van der Waals surface area contributed by atoms with Crippen LogP contribution in [0, 0.1) is 0 Å². The number of hydrogen-bond acceptors (Lipinski definition) is 6. The first-order valence-corrected chi connectivity index (χ1v) is 10.9. The first kappa shape index (κ1) is 24.0. The molecule has 2 fully saturated rings. The lowest BCUT2D eigenvalue weighted by Gasteiger charge is -2.38. The zero-order chi connectivity index (χ0) is 23.2. The number of aliphatic carboxylic acids is 1. The maximum absolute atomic E-state index is 12.4. The van der Waals surface area contributed by atoms with E-state index >= 15 is 0 Å². The zero-order valence-electron chi connectivity index (χ0n) is 17.1. The van der Waals surface area contributed by atoms with Gasteiger partial charge in [0.25, 0.3) is 0 Å². The predicted octanol–water partition coefficient (Wildman–Crippen LogP) is 3.55. The number of alkyl halides is 3. The molecule has 1 N–H and O–H groups in total. The van der Waals surface area contributed by atoms with Crippen molar-refractivity contribution >= 4 is 23.2 Å². The van der Waals surface area contributed by atoms with E-state index in [1.807, 2.05) is 39.9 Å². The molecule has 7 nitrogen and oxygen atoms in total. The van der Waals surface area contributed by atoms with Crippen LogP contribution in [0.5, 0.6) is 5.88 Å². The molecule has 2 aromatic rings. The van der Waals surface area contributed by atoms with Gasteiger partial charge in [-0.1, -0.05) is 6.07 Å². The molecule has 2 saturated heterocycles. The van der Waals surface area contributed by atoms with Gasteiger partial charge in [-0.2, -0.15) is 24.5 Å². The Bertz CT molecular complexity index is 885. The Morgan fingerprint density at radius 1 is 1.28 bits per heavy atom. The first-order chi connectivity index (χ1) is 15.2. The third-order valence-corrected chi connectivity index (χ3v) is 6.04. The molecule has 0 radical (unpaired) electrons. The standard InChI is InChI=1S/C19H22N2O3S.C2HF3O2/c22-18(11-15-4-10-25-14-15)21-8-5-19(6-9-21)12-16(13-23-19)24-17-3-1-2-7-20-17;3-2(4,5)1(6)7/h1-4,7,10,14,16H,5-6,8-9,11-13H2;(H,6,7). The molecule has 1 amide bonds. The number of pyridine rings is 1. The highest BCUT2D eigenvalue weighted by atomic mass is 32.1. The highest BCUT2D eigenvalue weighted by Crippen LogP contribution is 2.37. The number of ether oxygens (including phenoxy) is 2. The molecule has 0 bridgehead atoms. The Morgan fingerprint density at radius 3 is 2.56 bits per heavy atom. The summed E-state index contributed by atoms with van der Waals surface area (Å²) in [5.41, 5.74) is 0.967. The molecule has 4 rings (SSSR count). The van der Waals surface area contributed by atoms with E-state index in [1.165, 1.54) is 0 Å². The van der Waals surface area contributed by atoms with E-state index in [1.54, 1.807) is 17.5 Å². The number of piperidine rings is 1. The average molecular weight is 472 g/mol. The number of nitrogens with zero attached hydrogens (tertiary/aromatic N) is 2. The Balaban J connectivity index is 0.000000360. The second-order valence-corrected chi connectivity index (χ2v) is 8.38. The molecule has 1 atom stereocenters. The molecule has 174 valence electrons. The predicted molar refractivity (Wildman–Crippen MR) is 109 cm³/mol. The number of rotatable bonds is 4. The highest BCUT2D eigenvalue weighted by molar-refractivity contribution is 7.08. The minimum absolute atomic E-state index is 0.0444. The highest BCUT2D eigenvalue weighted by Gasteiger charge is 2.44. The molecule has 0 aromatic carbocycles. The Morgan fingerprint density at radius 2 is 2.00 bits per heavy atom. The second kappa shape index (κ2) is 10.3. The first-order valence-electron chi connectivity index (χ1n) is 9.97. The average Bonchev–Trinajstić information content (AvgIpc) is 3.39. The van der Waals surface area contributed by atoms with E-state index in [2.05, 4.69) is 4.98 Å². The van der Waals surface area contributed by atoms with Gasteiger partial charge in [-0.15, -0.1) is 0 Å². The molecule has 4 heterocycles.